The number of benzene rings is 1. The van der Waals surface area contributed by atoms with E-state index in [1.165, 1.54) is 0 Å². The van der Waals surface area contributed by atoms with E-state index >= 15 is 0 Å². The highest BCUT2D eigenvalue weighted by atomic mass is 79.9. The Morgan fingerprint density at radius 1 is 1.33 bits per heavy atom. The highest BCUT2D eigenvalue weighted by Gasteiger charge is 2.22. The van der Waals surface area contributed by atoms with E-state index in [1.807, 2.05) is 37.3 Å². The summed E-state index contributed by atoms with van der Waals surface area (Å²) >= 11 is 3.33. The second-order valence-electron chi connectivity index (χ2n) is 5.01. The third-order valence-corrected chi connectivity index (χ3v) is 4.09. The Bertz CT molecular complexity index is 757. The molecule has 1 unspecified atom stereocenters. The van der Waals surface area contributed by atoms with E-state index in [9.17, 15) is 4.79 Å². The normalized spacial score (nSPS) is 12.5. The van der Waals surface area contributed by atoms with Crippen molar-refractivity contribution in [3.8, 4) is 0 Å². The molecule has 108 valence electrons. The molecule has 0 radical (unpaired) electrons. The van der Waals surface area contributed by atoms with Crippen LogP contribution in [0.25, 0.3) is 11.0 Å². The van der Waals surface area contributed by atoms with E-state index in [1.54, 1.807) is 24.2 Å². The highest BCUT2D eigenvalue weighted by molar-refractivity contribution is 9.10. The second kappa shape index (κ2) is 5.41. The number of nitrogens with zero attached hydrogens (tertiary/aromatic N) is 1. The Kier molecular flexibility index (Phi) is 3.59. The molecule has 0 spiro atoms. The first-order chi connectivity index (χ1) is 10.1. The first-order valence-electron chi connectivity index (χ1n) is 6.66. The zero-order chi connectivity index (χ0) is 15.0. The van der Waals surface area contributed by atoms with Gasteiger partial charge in [-0.3, -0.25) is 4.79 Å². The van der Waals surface area contributed by atoms with Gasteiger partial charge in [-0.25, -0.2) is 0 Å². The third kappa shape index (κ3) is 2.61. The van der Waals surface area contributed by atoms with Crippen molar-refractivity contribution < 1.29 is 9.21 Å². The van der Waals surface area contributed by atoms with E-state index in [0.717, 1.165) is 21.2 Å². The highest BCUT2D eigenvalue weighted by Crippen LogP contribution is 2.27. The molecule has 0 aliphatic rings. The van der Waals surface area contributed by atoms with E-state index < -0.39 is 0 Å². The average molecular weight is 347 g/mol. The lowest BCUT2D eigenvalue weighted by Gasteiger charge is -2.22. The fourth-order valence-electron chi connectivity index (χ4n) is 2.26. The van der Waals surface area contributed by atoms with Crippen molar-refractivity contribution in [2.24, 2.45) is 0 Å². The van der Waals surface area contributed by atoms with Gasteiger partial charge in [0.1, 0.15) is 17.0 Å². The van der Waals surface area contributed by atoms with Crippen LogP contribution in [0.15, 0.2) is 51.5 Å². The van der Waals surface area contributed by atoms with Crippen LogP contribution in [-0.4, -0.2) is 22.8 Å². The molecule has 1 aromatic carbocycles. The molecule has 4 nitrogen and oxygen atoms in total. The Balaban J connectivity index is 1.86. The average Bonchev–Trinajstić information content (AvgIpc) is 3.10. The summed E-state index contributed by atoms with van der Waals surface area (Å²) < 4.78 is 6.69. The number of H-pyrrole nitrogens is 1. The lowest BCUT2D eigenvalue weighted by Crippen LogP contribution is -2.29. The summed E-state index contributed by atoms with van der Waals surface area (Å²) in [6.07, 6.45) is 1.74. The topological polar surface area (TPSA) is 49.2 Å². The van der Waals surface area contributed by atoms with Crippen LogP contribution in [0, 0.1) is 0 Å². The van der Waals surface area contributed by atoms with Gasteiger partial charge in [-0.15, -0.1) is 0 Å². The van der Waals surface area contributed by atoms with Crippen LogP contribution in [0.4, 0.5) is 0 Å². The zero-order valence-corrected chi connectivity index (χ0v) is 13.3. The molecule has 2 aromatic heterocycles. The molecule has 5 heteroatoms. The predicted molar refractivity (Wildman–Crippen MR) is 85.2 cm³/mol. The Morgan fingerprint density at radius 2 is 2.10 bits per heavy atom. The number of rotatable bonds is 3. The molecule has 3 aromatic rings. The van der Waals surface area contributed by atoms with Gasteiger partial charge in [0.25, 0.3) is 5.91 Å². The van der Waals surface area contributed by atoms with Gasteiger partial charge in [0.15, 0.2) is 0 Å². The Hall–Kier alpha value is -2.01. The van der Waals surface area contributed by atoms with Crippen LogP contribution < -0.4 is 0 Å². The lowest BCUT2D eigenvalue weighted by molar-refractivity contribution is 0.0722. The standard InChI is InChI=1S/C16H15BrN2O2/c1-10(15-7-11-5-3-4-6-14(11)21-15)19(2)16(20)13-8-12(17)9-18-13/h3-10,18H,1-2H3. The minimum absolute atomic E-state index is 0.0753. The van der Waals surface area contributed by atoms with Crippen LogP contribution in [-0.2, 0) is 0 Å². The summed E-state index contributed by atoms with van der Waals surface area (Å²) in [5, 5.41) is 1.04. The fraction of sp³-hybridized carbons (Fsp3) is 0.188. The molecular formula is C16H15BrN2O2. The number of carbonyl (C=O) groups is 1. The molecule has 3 rings (SSSR count). The molecule has 0 aliphatic carbocycles. The van der Waals surface area contributed by atoms with Crippen molar-refractivity contribution in [3.05, 3.63) is 58.5 Å². The van der Waals surface area contributed by atoms with Crippen LogP contribution in [0.1, 0.15) is 29.2 Å². The molecule has 0 saturated carbocycles. The number of amides is 1. The summed E-state index contributed by atoms with van der Waals surface area (Å²) in [5.74, 6) is 0.700. The van der Waals surface area contributed by atoms with Gasteiger partial charge in [-0.2, -0.15) is 0 Å². The molecule has 2 heterocycles. The number of fused-ring (bicyclic) bond motifs is 1. The molecule has 1 amide bonds. The number of carbonyl (C=O) groups excluding carboxylic acids is 1. The number of halogens is 1. The van der Waals surface area contributed by atoms with Gasteiger partial charge in [0.05, 0.1) is 6.04 Å². The van der Waals surface area contributed by atoms with E-state index in [4.69, 9.17) is 4.42 Å². The summed E-state index contributed by atoms with van der Waals surface area (Å²) in [5.41, 5.74) is 1.38. The fourth-order valence-corrected chi connectivity index (χ4v) is 2.60. The summed E-state index contributed by atoms with van der Waals surface area (Å²) in [6.45, 7) is 1.95. The van der Waals surface area contributed by atoms with Crippen molar-refractivity contribution in [2.75, 3.05) is 7.05 Å². The number of hydrogen-bond donors (Lipinski definition) is 1. The summed E-state index contributed by atoms with van der Waals surface area (Å²) in [7, 11) is 1.77. The molecule has 0 saturated heterocycles. The molecule has 1 N–H and O–H groups in total. The zero-order valence-electron chi connectivity index (χ0n) is 11.8. The number of nitrogens with one attached hydrogen (secondary N) is 1. The van der Waals surface area contributed by atoms with Gasteiger partial charge < -0.3 is 14.3 Å². The number of hydrogen-bond acceptors (Lipinski definition) is 2. The van der Waals surface area contributed by atoms with Crippen molar-refractivity contribution in [2.45, 2.75) is 13.0 Å². The monoisotopic (exact) mass is 346 g/mol. The van der Waals surface area contributed by atoms with Crippen LogP contribution >= 0.6 is 15.9 Å². The van der Waals surface area contributed by atoms with Gasteiger partial charge in [-0.1, -0.05) is 18.2 Å². The van der Waals surface area contributed by atoms with E-state index in [-0.39, 0.29) is 11.9 Å². The first kappa shape index (κ1) is 13.9. The Labute approximate surface area is 130 Å². The van der Waals surface area contributed by atoms with Crippen LogP contribution in [0.3, 0.4) is 0 Å². The lowest BCUT2D eigenvalue weighted by atomic mass is 10.2. The van der Waals surface area contributed by atoms with Gasteiger partial charge >= 0.3 is 0 Å². The molecular weight excluding hydrogens is 332 g/mol. The SMILES string of the molecule is CC(c1cc2ccccc2o1)N(C)C(=O)c1cc(Br)c[nH]1. The van der Waals surface area contributed by atoms with Crippen molar-refractivity contribution >= 4 is 32.8 Å². The van der Waals surface area contributed by atoms with E-state index in [2.05, 4.69) is 20.9 Å². The van der Waals surface area contributed by atoms with Crippen LogP contribution in [0.2, 0.25) is 0 Å². The number of para-hydroxylation sites is 1. The maximum absolute atomic E-state index is 12.4. The Morgan fingerprint density at radius 3 is 2.76 bits per heavy atom. The smallest absolute Gasteiger partial charge is 0.270 e. The predicted octanol–water partition coefficient (Wildman–Crippen LogP) is 4.36. The third-order valence-electron chi connectivity index (χ3n) is 3.64. The largest absolute Gasteiger partial charge is 0.459 e. The molecule has 0 bridgehead atoms. The minimum atomic E-state index is -0.146. The summed E-state index contributed by atoms with van der Waals surface area (Å²) in [6, 6.07) is 11.4. The molecule has 0 aliphatic heterocycles. The molecule has 21 heavy (non-hydrogen) atoms. The maximum atomic E-state index is 12.4. The second-order valence-corrected chi connectivity index (χ2v) is 5.93. The molecule has 1 atom stereocenters. The van der Waals surface area contributed by atoms with Crippen molar-refractivity contribution in [3.63, 3.8) is 0 Å². The first-order valence-corrected chi connectivity index (χ1v) is 7.45. The van der Waals surface area contributed by atoms with Gasteiger partial charge in [0.2, 0.25) is 0 Å². The number of aromatic nitrogens is 1. The summed E-state index contributed by atoms with van der Waals surface area (Å²) in [4.78, 5) is 17.0. The number of aromatic amines is 1. The van der Waals surface area contributed by atoms with Crippen LogP contribution in [0.5, 0.6) is 0 Å². The van der Waals surface area contributed by atoms with Crippen molar-refractivity contribution in [1.29, 1.82) is 0 Å². The minimum Gasteiger partial charge on any atom is -0.459 e. The molecule has 0 fully saturated rings. The van der Waals surface area contributed by atoms with E-state index in [0.29, 0.717) is 5.69 Å². The van der Waals surface area contributed by atoms with Gasteiger partial charge in [-0.05, 0) is 41.1 Å². The quantitative estimate of drug-likeness (QED) is 0.765. The van der Waals surface area contributed by atoms with Gasteiger partial charge in [0, 0.05) is 23.1 Å². The van der Waals surface area contributed by atoms with Crippen molar-refractivity contribution in [1.82, 2.24) is 9.88 Å². The number of furan rings is 1. The maximum Gasteiger partial charge on any atom is 0.270 e.